The van der Waals surface area contributed by atoms with Gasteiger partial charge in [0.05, 0.1) is 0 Å². The summed E-state index contributed by atoms with van der Waals surface area (Å²) in [6.45, 7) is 8.43. The molecule has 1 rings (SSSR count). The van der Waals surface area contributed by atoms with Crippen LogP contribution in [0.3, 0.4) is 0 Å². The van der Waals surface area contributed by atoms with E-state index in [1.54, 1.807) is 7.05 Å². The molecule has 0 heterocycles. The molecule has 3 unspecified atom stereocenters. The highest BCUT2D eigenvalue weighted by Crippen LogP contribution is 2.38. The summed E-state index contributed by atoms with van der Waals surface area (Å²) >= 11 is 0. The van der Waals surface area contributed by atoms with Crippen molar-refractivity contribution in [3.8, 4) is 0 Å². The Balaban J connectivity index is 2.61. The average molecular weight is 209 g/mol. The van der Waals surface area contributed by atoms with Gasteiger partial charge in [-0.15, -0.1) is 0 Å². The Morgan fingerprint density at radius 3 is 2.67 bits per heavy atom. The summed E-state index contributed by atoms with van der Waals surface area (Å²) in [5, 5.41) is 2.72. The Morgan fingerprint density at radius 2 is 2.13 bits per heavy atom. The van der Waals surface area contributed by atoms with Gasteiger partial charge in [0.2, 0.25) is 5.91 Å². The van der Waals surface area contributed by atoms with Gasteiger partial charge in [-0.1, -0.05) is 25.5 Å². The second kappa shape index (κ2) is 5.34. The molecule has 2 heteroatoms. The fourth-order valence-electron chi connectivity index (χ4n) is 2.71. The topological polar surface area (TPSA) is 29.1 Å². The second-order valence-electron chi connectivity index (χ2n) is 5.01. The van der Waals surface area contributed by atoms with Crippen LogP contribution in [0.15, 0.2) is 12.2 Å². The van der Waals surface area contributed by atoms with Crippen LogP contribution in [-0.2, 0) is 4.79 Å². The molecule has 0 aromatic heterocycles. The SMILES string of the molecule is C=C(C)C1CCC(C)CC1CC(=O)NC. The van der Waals surface area contributed by atoms with Crippen LogP contribution in [0.2, 0.25) is 0 Å². The third-order valence-corrected chi connectivity index (χ3v) is 3.60. The smallest absolute Gasteiger partial charge is 0.220 e. The molecule has 0 radical (unpaired) electrons. The number of rotatable bonds is 3. The molecule has 15 heavy (non-hydrogen) atoms. The van der Waals surface area contributed by atoms with E-state index >= 15 is 0 Å². The Labute approximate surface area is 93.1 Å². The van der Waals surface area contributed by atoms with Gasteiger partial charge >= 0.3 is 0 Å². The molecule has 1 saturated carbocycles. The molecule has 1 aliphatic rings. The third-order valence-electron chi connectivity index (χ3n) is 3.60. The van der Waals surface area contributed by atoms with Crippen molar-refractivity contribution in [1.82, 2.24) is 5.32 Å². The van der Waals surface area contributed by atoms with Crippen LogP contribution >= 0.6 is 0 Å². The van der Waals surface area contributed by atoms with E-state index in [1.165, 1.54) is 24.8 Å². The number of allylic oxidation sites excluding steroid dienone is 1. The fraction of sp³-hybridized carbons (Fsp3) is 0.769. The Bertz CT molecular complexity index is 247. The molecule has 1 amide bonds. The monoisotopic (exact) mass is 209 g/mol. The molecule has 0 aliphatic heterocycles. The number of carbonyl (C=O) groups excluding carboxylic acids is 1. The van der Waals surface area contributed by atoms with Crippen molar-refractivity contribution >= 4 is 5.91 Å². The van der Waals surface area contributed by atoms with E-state index in [2.05, 4.69) is 25.7 Å². The van der Waals surface area contributed by atoms with E-state index < -0.39 is 0 Å². The third kappa shape index (κ3) is 3.37. The van der Waals surface area contributed by atoms with Gasteiger partial charge in [-0.2, -0.15) is 0 Å². The van der Waals surface area contributed by atoms with Gasteiger partial charge in [0.25, 0.3) is 0 Å². The molecule has 0 aromatic rings. The van der Waals surface area contributed by atoms with Crippen LogP contribution in [-0.4, -0.2) is 13.0 Å². The molecule has 0 spiro atoms. The van der Waals surface area contributed by atoms with Crippen LogP contribution in [0.1, 0.15) is 39.5 Å². The maximum absolute atomic E-state index is 11.4. The van der Waals surface area contributed by atoms with E-state index in [9.17, 15) is 4.79 Å². The van der Waals surface area contributed by atoms with Crippen molar-refractivity contribution in [2.45, 2.75) is 39.5 Å². The maximum atomic E-state index is 11.4. The number of hydrogen-bond donors (Lipinski definition) is 1. The first-order chi connectivity index (χ1) is 7.04. The predicted molar refractivity (Wildman–Crippen MR) is 63.5 cm³/mol. The van der Waals surface area contributed by atoms with Gasteiger partial charge in [0.1, 0.15) is 0 Å². The predicted octanol–water partition coefficient (Wildman–Crippen LogP) is 2.75. The standard InChI is InChI=1S/C13H23NO/c1-9(2)12-6-5-10(3)7-11(12)8-13(15)14-4/h10-12H,1,5-8H2,2-4H3,(H,14,15). The first-order valence-electron chi connectivity index (χ1n) is 5.90. The fourth-order valence-corrected chi connectivity index (χ4v) is 2.71. The molecule has 3 atom stereocenters. The summed E-state index contributed by atoms with van der Waals surface area (Å²) in [5.74, 6) is 1.99. The van der Waals surface area contributed by atoms with Gasteiger partial charge in [0.15, 0.2) is 0 Å². The van der Waals surface area contributed by atoms with E-state index in [0.717, 1.165) is 5.92 Å². The minimum atomic E-state index is 0.167. The minimum absolute atomic E-state index is 0.167. The lowest BCUT2D eigenvalue weighted by molar-refractivity contribution is -0.122. The average Bonchev–Trinajstić information content (AvgIpc) is 2.17. The minimum Gasteiger partial charge on any atom is -0.359 e. The van der Waals surface area contributed by atoms with Gasteiger partial charge in [0, 0.05) is 13.5 Å². The summed E-state index contributed by atoms with van der Waals surface area (Å²) in [6, 6.07) is 0. The maximum Gasteiger partial charge on any atom is 0.220 e. The zero-order valence-electron chi connectivity index (χ0n) is 10.2. The first kappa shape index (κ1) is 12.3. The molecule has 2 nitrogen and oxygen atoms in total. The van der Waals surface area contributed by atoms with Crippen LogP contribution < -0.4 is 5.32 Å². The zero-order valence-corrected chi connectivity index (χ0v) is 10.2. The molecule has 0 bridgehead atoms. The lowest BCUT2D eigenvalue weighted by Crippen LogP contribution is -2.30. The summed E-state index contributed by atoms with van der Waals surface area (Å²) in [5.41, 5.74) is 1.25. The summed E-state index contributed by atoms with van der Waals surface area (Å²) in [7, 11) is 1.71. The van der Waals surface area contributed by atoms with Crippen molar-refractivity contribution in [2.24, 2.45) is 17.8 Å². The Hall–Kier alpha value is -0.790. The molecule has 1 fully saturated rings. The number of carbonyl (C=O) groups is 1. The van der Waals surface area contributed by atoms with Crippen LogP contribution in [0, 0.1) is 17.8 Å². The van der Waals surface area contributed by atoms with Gasteiger partial charge in [-0.3, -0.25) is 4.79 Å². The van der Waals surface area contributed by atoms with Crippen molar-refractivity contribution in [3.63, 3.8) is 0 Å². The molecule has 1 N–H and O–H groups in total. The van der Waals surface area contributed by atoms with Crippen LogP contribution in [0.25, 0.3) is 0 Å². The molecular weight excluding hydrogens is 186 g/mol. The van der Waals surface area contributed by atoms with E-state index in [1.807, 2.05) is 0 Å². The molecule has 0 saturated heterocycles. The summed E-state index contributed by atoms with van der Waals surface area (Å²) in [6.07, 6.45) is 4.32. The first-order valence-corrected chi connectivity index (χ1v) is 5.90. The number of amides is 1. The van der Waals surface area contributed by atoms with Gasteiger partial charge in [-0.05, 0) is 37.5 Å². The largest absolute Gasteiger partial charge is 0.359 e. The highest BCUT2D eigenvalue weighted by molar-refractivity contribution is 5.75. The Kier molecular flexibility index (Phi) is 4.37. The van der Waals surface area contributed by atoms with Crippen molar-refractivity contribution < 1.29 is 4.79 Å². The number of hydrogen-bond acceptors (Lipinski definition) is 1. The molecular formula is C13H23NO. The van der Waals surface area contributed by atoms with E-state index in [0.29, 0.717) is 18.3 Å². The quantitative estimate of drug-likeness (QED) is 0.711. The normalized spacial score (nSPS) is 31.0. The number of nitrogens with one attached hydrogen (secondary N) is 1. The Morgan fingerprint density at radius 1 is 1.47 bits per heavy atom. The van der Waals surface area contributed by atoms with Crippen molar-refractivity contribution in [2.75, 3.05) is 7.05 Å². The summed E-state index contributed by atoms with van der Waals surface area (Å²) < 4.78 is 0. The van der Waals surface area contributed by atoms with Crippen LogP contribution in [0.4, 0.5) is 0 Å². The second-order valence-corrected chi connectivity index (χ2v) is 5.01. The summed E-state index contributed by atoms with van der Waals surface area (Å²) in [4.78, 5) is 11.4. The van der Waals surface area contributed by atoms with Gasteiger partial charge < -0.3 is 5.32 Å². The van der Waals surface area contributed by atoms with Gasteiger partial charge in [-0.25, -0.2) is 0 Å². The highest BCUT2D eigenvalue weighted by atomic mass is 16.1. The lowest BCUT2D eigenvalue weighted by atomic mass is 9.71. The molecule has 0 aromatic carbocycles. The highest BCUT2D eigenvalue weighted by Gasteiger charge is 2.30. The van der Waals surface area contributed by atoms with E-state index in [-0.39, 0.29) is 5.91 Å². The van der Waals surface area contributed by atoms with Crippen molar-refractivity contribution in [1.29, 1.82) is 0 Å². The zero-order chi connectivity index (χ0) is 11.4. The molecule has 86 valence electrons. The van der Waals surface area contributed by atoms with Crippen LogP contribution in [0.5, 0.6) is 0 Å². The molecule has 1 aliphatic carbocycles. The lowest BCUT2D eigenvalue weighted by Gasteiger charge is -2.35. The van der Waals surface area contributed by atoms with E-state index in [4.69, 9.17) is 0 Å². The van der Waals surface area contributed by atoms with Crippen molar-refractivity contribution in [3.05, 3.63) is 12.2 Å².